The summed E-state index contributed by atoms with van der Waals surface area (Å²) in [6.07, 6.45) is 0.676. The molecule has 0 fully saturated rings. The lowest BCUT2D eigenvalue weighted by Gasteiger charge is -2.33. The Balaban J connectivity index is 2.82. The number of amides is 2. The number of rotatable bonds is 7. The van der Waals surface area contributed by atoms with E-state index in [1.807, 2.05) is 31.2 Å². The van der Waals surface area contributed by atoms with E-state index in [-0.39, 0.29) is 30.0 Å². The number of aliphatic hydroxyl groups excluding tert-OH is 1. The van der Waals surface area contributed by atoms with Crippen LogP contribution in [0.4, 0.5) is 4.79 Å². The average Bonchev–Trinajstić information content (AvgIpc) is 2.50. The molecule has 2 unspecified atom stereocenters. The molecule has 0 saturated heterocycles. The Labute approximate surface area is 139 Å². The molecule has 5 heteroatoms. The summed E-state index contributed by atoms with van der Waals surface area (Å²) in [6.45, 7) is 8.92. The molecule has 0 saturated carbocycles. The zero-order chi connectivity index (χ0) is 17.5. The maximum Gasteiger partial charge on any atom is 0.315 e. The van der Waals surface area contributed by atoms with E-state index >= 15 is 0 Å². The van der Waals surface area contributed by atoms with Crippen LogP contribution in [0.15, 0.2) is 24.3 Å². The van der Waals surface area contributed by atoms with Crippen molar-refractivity contribution in [3.8, 4) is 5.75 Å². The van der Waals surface area contributed by atoms with E-state index in [1.165, 1.54) is 0 Å². The molecular weight excluding hydrogens is 292 g/mol. The summed E-state index contributed by atoms with van der Waals surface area (Å²) in [6, 6.07) is 7.35. The van der Waals surface area contributed by atoms with Crippen LogP contribution in [0, 0.1) is 11.3 Å². The van der Waals surface area contributed by atoms with E-state index < -0.39 is 0 Å². The Morgan fingerprint density at radius 3 is 2.52 bits per heavy atom. The van der Waals surface area contributed by atoms with Crippen LogP contribution in [0.2, 0.25) is 0 Å². The minimum Gasteiger partial charge on any atom is -0.496 e. The normalized spacial score (nSPS) is 14.0. The van der Waals surface area contributed by atoms with Gasteiger partial charge in [-0.2, -0.15) is 0 Å². The summed E-state index contributed by atoms with van der Waals surface area (Å²) >= 11 is 0. The molecule has 5 nitrogen and oxygen atoms in total. The summed E-state index contributed by atoms with van der Waals surface area (Å²) in [5.74, 6) is 1.01. The number of para-hydroxylation sites is 1. The van der Waals surface area contributed by atoms with E-state index in [0.717, 1.165) is 11.3 Å². The molecule has 0 radical (unpaired) electrons. The van der Waals surface area contributed by atoms with Crippen LogP contribution in [0.3, 0.4) is 0 Å². The van der Waals surface area contributed by atoms with Gasteiger partial charge in [0.2, 0.25) is 0 Å². The Hall–Kier alpha value is -1.75. The number of benzene rings is 1. The third kappa shape index (κ3) is 6.10. The summed E-state index contributed by atoms with van der Waals surface area (Å²) in [4.78, 5) is 12.3. The van der Waals surface area contributed by atoms with Crippen molar-refractivity contribution in [2.75, 3.05) is 20.3 Å². The Morgan fingerprint density at radius 2 is 1.96 bits per heavy atom. The number of ether oxygens (including phenoxy) is 1. The SMILES string of the molecule is COc1ccccc1C(NC(=O)NCC(C)CCO)C(C)(C)C. The average molecular weight is 322 g/mol. The molecule has 0 aliphatic carbocycles. The summed E-state index contributed by atoms with van der Waals surface area (Å²) in [5, 5.41) is 14.8. The fourth-order valence-corrected chi connectivity index (χ4v) is 2.44. The summed E-state index contributed by atoms with van der Waals surface area (Å²) in [5.41, 5.74) is 0.795. The Morgan fingerprint density at radius 1 is 1.30 bits per heavy atom. The summed E-state index contributed by atoms with van der Waals surface area (Å²) in [7, 11) is 1.63. The molecule has 3 N–H and O–H groups in total. The molecule has 130 valence electrons. The standard InChI is InChI=1S/C18H30N2O3/c1-13(10-11-21)12-19-17(22)20-16(18(2,3)4)14-8-6-7-9-15(14)23-5/h6-9,13,16,21H,10-12H2,1-5H3,(H2,19,20,22). The van der Waals surface area contributed by atoms with Crippen molar-refractivity contribution in [1.29, 1.82) is 0 Å². The van der Waals surface area contributed by atoms with Gasteiger partial charge in [0, 0.05) is 18.7 Å². The number of aliphatic hydroxyl groups is 1. The zero-order valence-electron chi connectivity index (χ0n) is 14.8. The lowest BCUT2D eigenvalue weighted by Crippen LogP contribution is -2.43. The van der Waals surface area contributed by atoms with Crippen molar-refractivity contribution < 1.29 is 14.6 Å². The van der Waals surface area contributed by atoms with Gasteiger partial charge in [-0.05, 0) is 23.8 Å². The zero-order valence-corrected chi connectivity index (χ0v) is 14.8. The molecule has 1 aromatic rings. The van der Waals surface area contributed by atoms with Crippen LogP contribution in [0.5, 0.6) is 5.75 Å². The van der Waals surface area contributed by atoms with Crippen LogP contribution < -0.4 is 15.4 Å². The number of hydrogen-bond acceptors (Lipinski definition) is 3. The second-order valence-corrected chi connectivity index (χ2v) is 7.01. The number of hydrogen-bond donors (Lipinski definition) is 3. The van der Waals surface area contributed by atoms with E-state index in [0.29, 0.717) is 13.0 Å². The predicted octanol–water partition coefficient (Wildman–Crippen LogP) is 3.10. The highest BCUT2D eigenvalue weighted by Crippen LogP contribution is 2.37. The van der Waals surface area contributed by atoms with E-state index in [1.54, 1.807) is 7.11 Å². The van der Waals surface area contributed by atoms with Crippen molar-refractivity contribution in [1.82, 2.24) is 10.6 Å². The molecule has 0 bridgehead atoms. The number of nitrogens with one attached hydrogen (secondary N) is 2. The smallest absolute Gasteiger partial charge is 0.315 e. The molecule has 0 aromatic heterocycles. The molecule has 23 heavy (non-hydrogen) atoms. The molecule has 0 heterocycles. The van der Waals surface area contributed by atoms with Crippen molar-refractivity contribution in [3.63, 3.8) is 0 Å². The van der Waals surface area contributed by atoms with Gasteiger partial charge in [0.05, 0.1) is 13.2 Å². The first kappa shape index (κ1) is 19.3. The fraction of sp³-hybridized carbons (Fsp3) is 0.611. The largest absolute Gasteiger partial charge is 0.496 e. The van der Waals surface area contributed by atoms with Gasteiger partial charge in [-0.25, -0.2) is 4.79 Å². The van der Waals surface area contributed by atoms with Gasteiger partial charge in [0.1, 0.15) is 5.75 Å². The molecule has 0 aliphatic heterocycles. The van der Waals surface area contributed by atoms with Gasteiger partial charge >= 0.3 is 6.03 Å². The van der Waals surface area contributed by atoms with Gasteiger partial charge in [-0.3, -0.25) is 0 Å². The van der Waals surface area contributed by atoms with Crippen molar-refractivity contribution in [2.24, 2.45) is 11.3 Å². The molecule has 1 aromatic carbocycles. The van der Waals surface area contributed by atoms with Crippen LogP contribution >= 0.6 is 0 Å². The number of methoxy groups -OCH3 is 1. The third-order valence-corrected chi connectivity index (χ3v) is 3.82. The van der Waals surface area contributed by atoms with Gasteiger partial charge in [0.15, 0.2) is 0 Å². The number of carbonyl (C=O) groups is 1. The third-order valence-electron chi connectivity index (χ3n) is 3.82. The van der Waals surface area contributed by atoms with Crippen molar-refractivity contribution in [3.05, 3.63) is 29.8 Å². The molecule has 2 amide bonds. The fourth-order valence-electron chi connectivity index (χ4n) is 2.44. The lowest BCUT2D eigenvalue weighted by atomic mass is 9.82. The van der Waals surface area contributed by atoms with Crippen LogP contribution in [-0.4, -0.2) is 31.4 Å². The quantitative estimate of drug-likeness (QED) is 0.722. The van der Waals surface area contributed by atoms with Crippen molar-refractivity contribution in [2.45, 2.75) is 40.2 Å². The van der Waals surface area contributed by atoms with E-state index in [9.17, 15) is 4.79 Å². The van der Waals surface area contributed by atoms with Crippen LogP contribution in [-0.2, 0) is 0 Å². The highest BCUT2D eigenvalue weighted by atomic mass is 16.5. The van der Waals surface area contributed by atoms with Gasteiger partial charge < -0.3 is 20.5 Å². The number of urea groups is 1. The minimum absolute atomic E-state index is 0.135. The van der Waals surface area contributed by atoms with Gasteiger partial charge in [0.25, 0.3) is 0 Å². The van der Waals surface area contributed by atoms with Gasteiger partial charge in [-0.15, -0.1) is 0 Å². The maximum atomic E-state index is 12.3. The van der Waals surface area contributed by atoms with Gasteiger partial charge in [-0.1, -0.05) is 45.9 Å². The summed E-state index contributed by atoms with van der Waals surface area (Å²) < 4.78 is 5.43. The predicted molar refractivity (Wildman–Crippen MR) is 92.6 cm³/mol. The first-order chi connectivity index (χ1) is 10.8. The first-order valence-corrected chi connectivity index (χ1v) is 8.07. The topological polar surface area (TPSA) is 70.6 Å². The molecule has 0 spiro atoms. The molecular formula is C18H30N2O3. The maximum absolute atomic E-state index is 12.3. The second kappa shape index (κ2) is 8.77. The molecule has 0 aliphatic rings. The highest BCUT2D eigenvalue weighted by molar-refractivity contribution is 5.74. The van der Waals surface area contributed by atoms with Crippen LogP contribution in [0.25, 0.3) is 0 Å². The molecule has 1 rings (SSSR count). The van der Waals surface area contributed by atoms with Crippen molar-refractivity contribution >= 4 is 6.03 Å². The van der Waals surface area contributed by atoms with E-state index in [2.05, 4.69) is 31.4 Å². The molecule has 2 atom stereocenters. The number of carbonyl (C=O) groups excluding carboxylic acids is 1. The highest BCUT2D eigenvalue weighted by Gasteiger charge is 2.30. The monoisotopic (exact) mass is 322 g/mol. The van der Waals surface area contributed by atoms with E-state index in [4.69, 9.17) is 9.84 Å². The lowest BCUT2D eigenvalue weighted by molar-refractivity contribution is 0.213. The second-order valence-electron chi connectivity index (χ2n) is 7.01. The Kier molecular flexibility index (Phi) is 7.36. The first-order valence-electron chi connectivity index (χ1n) is 8.07. The van der Waals surface area contributed by atoms with Crippen LogP contribution in [0.1, 0.15) is 45.7 Å². The Bertz CT molecular complexity index is 497. The minimum atomic E-state index is -0.208.